The van der Waals surface area contributed by atoms with Gasteiger partial charge in [0, 0.05) is 17.5 Å². The molecule has 16 heavy (non-hydrogen) atoms. The lowest BCUT2D eigenvalue weighted by atomic mass is 9.98. The lowest BCUT2D eigenvalue weighted by Gasteiger charge is -2.20. The van der Waals surface area contributed by atoms with Crippen molar-refractivity contribution in [3.8, 4) is 5.75 Å². The van der Waals surface area contributed by atoms with E-state index in [0.29, 0.717) is 5.88 Å². The van der Waals surface area contributed by atoms with E-state index in [4.69, 9.17) is 16.3 Å². The SMILES string of the molecule is CNC(CCCl)c1cc(C)cc(C)c1OC. The van der Waals surface area contributed by atoms with E-state index < -0.39 is 0 Å². The Morgan fingerprint density at radius 3 is 2.56 bits per heavy atom. The molecule has 1 unspecified atom stereocenters. The molecule has 0 saturated carbocycles. The molecule has 0 aliphatic heterocycles. The van der Waals surface area contributed by atoms with E-state index in [-0.39, 0.29) is 6.04 Å². The minimum atomic E-state index is 0.256. The van der Waals surface area contributed by atoms with Crippen molar-refractivity contribution in [2.24, 2.45) is 0 Å². The van der Waals surface area contributed by atoms with Crippen LogP contribution in [-0.2, 0) is 0 Å². The number of nitrogens with one attached hydrogen (secondary N) is 1. The zero-order chi connectivity index (χ0) is 12.1. The highest BCUT2D eigenvalue weighted by molar-refractivity contribution is 6.17. The van der Waals surface area contributed by atoms with Crippen LogP contribution in [0.2, 0.25) is 0 Å². The van der Waals surface area contributed by atoms with Crippen molar-refractivity contribution < 1.29 is 4.74 Å². The molecular formula is C13H20ClNO. The molecule has 1 aromatic rings. The van der Waals surface area contributed by atoms with Crippen molar-refractivity contribution in [1.82, 2.24) is 5.32 Å². The molecule has 1 atom stereocenters. The summed E-state index contributed by atoms with van der Waals surface area (Å²) in [6.07, 6.45) is 0.900. The summed E-state index contributed by atoms with van der Waals surface area (Å²) in [7, 11) is 3.67. The van der Waals surface area contributed by atoms with Crippen molar-refractivity contribution in [1.29, 1.82) is 0 Å². The molecule has 0 aromatic heterocycles. The second kappa shape index (κ2) is 6.12. The van der Waals surface area contributed by atoms with Gasteiger partial charge in [0.25, 0.3) is 0 Å². The van der Waals surface area contributed by atoms with Gasteiger partial charge in [-0.2, -0.15) is 0 Å². The van der Waals surface area contributed by atoms with Crippen LogP contribution in [0.15, 0.2) is 12.1 Å². The molecule has 0 amide bonds. The molecule has 0 fully saturated rings. The fraction of sp³-hybridized carbons (Fsp3) is 0.538. The first kappa shape index (κ1) is 13.3. The third kappa shape index (κ3) is 2.89. The normalized spacial score (nSPS) is 12.6. The van der Waals surface area contributed by atoms with Gasteiger partial charge in [0.15, 0.2) is 0 Å². The Hall–Kier alpha value is -0.730. The maximum Gasteiger partial charge on any atom is 0.126 e. The second-order valence-electron chi connectivity index (χ2n) is 4.02. The molecule has 90 valence electrons. The second-order valence-corrected chi connectivity index (χ2v) is 4.40. The summed E-state index contributed by atoms with van der Waals surface area (Å²) in [5.41, 5.74) is 3.62. The first-order chi connectivity index (χ1) is 7.63. The number of hydrogen-bond acceptors (Lipinski definition) is 2. The zero-order valence-electron chi connectivity index (χ0n) is 10.4. The molecule has 1 aromatic carbocycles. The van der Waals surface area contributed by atoms with E-state index in [1.54, 1.807) is 7.11 Å². The van der Waals surface area contributed by atoms with E-state index >= 15 is 0 Å². The van der Waals surface area contributed by atoms with Crippen LogP contribution >= 0.6 is 11.6 Å². The van der Waals surface area contributed by atoms with Crippen molar-refractivity contribution >= 4 is 11.6 Å². The Bertz CT molecular complexity index is 352. The van der Waals surface area contributed by atoms with Gasteiger partial charge in [0.2, 0.25) is 0 Å². The van der Waals surface area contributed by atoms with Crippen LogP contribution in [-0.4, -0.2) is 20.0 Å². The van der Waals surface area contributed by atoms with Crippen LogP contribution in [0.5, 0.6) is 5.75 Å². The molecule has 1 rings (SSSR count). The molecule has 0 spiro atoms. The van der Waals surface area contributed by atoms with Gasteiger partial charge in [-0.15, -0.1) is 11.6 Å². The Balaban J connectivity index is 3.17. The minimum absolute atomic E-state index is 0.256. The molecule has 0 bridgehead atoms. The van der Waals surface area contributed by atoms with Crippen molar-refractivity contribution in [2.75, 3.05) is 20.0 Å². The van der Waals surface area contributed by atoms with Crippen molar-refractivity contribution in [2.45, 2.75) is 26.3 Å². The smallest absolute Gasteiger partial charge is 0.126 e. The van der Waals surface area contributed by atoms with Crippen molar-refractivity contribution in [3.05, 3.63) is 28.8 Å². The third-order valence-corrected chi connectivity index (χ3v) is 2.99. The van der Waals surface area contributed by atoms with E-state index in [1.165, 1.54) is 16.7 Å². The highest BCUT2D eigenvalue weighted by atomic mass is 35.5. The summed E-state index contributed by atoms with van der Waals surface area (Å²) in [5, 5.41) is 3.28. The van der Waals surface area contributed by atoms with Gasteiger partial charge < -0.3 is 10.1 Å². The number of methoxy groups -OCH3 is 1. The molecule has 0 radical (unpaired) electrons. The summed E-state index contributed by atoms with van der Waals surface area (Å²) in [5.74, 6) is 1.61. The van der Waals surface area contributed by atoms with Gasteiger partial charge in [-0.25, -0.2) is 0 Å². The highest BCUT2D eigenvalue weighted by Crippen LogP contribution is 2.31. The Kier molecular flexibility index (Phi) is 5.10. The van der Waals surface area contributed by atoms with Gasteiger partial charge in [0.1, 0.15) is 5.75 Å². The van der Waals surface area contributed by atoms with Crippen LogP contribution in [0.25, 0.3) is 0 Å². The van der Waals surface area contributed by atoms with Gasteiger partial charge >= 0.3 is 0 Å². The van der Waals surface area contributed by atoms with E-state index in [0.717, 1.165) is 12.2 Å². The molecule has 1 N–H and O–H groups in total. The number of alkyl halides is 1. The number of ether oxygens (including phenoxy) is 1. The predicted octanol–water partition coefficient (Wildman–Crippen LogP) is 3.20. The maximum absolute atomic E-state index is 5.82. The first-order valence-electron chi connectivity index (χ1n) is 5.52. The average Bonchev–Trinajstić information content (AvgIpc) is 2.25. The molecule has 0 heterocycles. The summed E-state index contributed by atoms with van der Waals surface area (Å²) in [6.45, 7) is 4.17. The van der Waals surface area contributed by atoms with E-state index in [2.05, 4.69) is 31.3 Å². The lowest BCUT2D eigenvalue weighted by molar-refractivity contribution is 0.397. The van der Waals surface area contributed by atoms with Gasteiger partial charge in [-0.1, -0.05) is 17.7 Å². The predicted molar refractivity (Wildman–Crippen MR) is 69.6 cm³/mol. The quantitative estimate of drug-likeness (QED) is 0.800. The Labute approximate surface area is 103 Å². The van der Waals surface area contributed by atoms with Gasteiger partial charge in [-0.05, 0) is 32.9 Å². The standard InChI is InChI=1S/C13H20ClNO/c1-9-7-10(2)13(16-4)11(8-9)12(15-3)5-6-14/h7-8,12,15H,5-6H2,1-4H3. The van der Waals surface area contributed by atoms with Crippen LogP contribution < -0.4 is 10.1 Å². The van der Waals surface area contributed by atoms with E-state index in [1.807, 2.05) is 7.05 Å². The van der Waals surface area contributed by atoms with Crippen LogP contribution in [0.3, 0.4) is 0 Å². The van der Waals surface area contributed by atoms with Crippen LogP contribution in [0.1, 0.15) is 29.2 Å². The number of halogens is 1. The number of aryl methyl sites for hydroxylation is 2. The molecule has 0 aliphatic carbocycles. The minimum Gasteiger partial charge on any atom is -0.496 e. The van der Waals surface area contributed by atoms with Crippen LogP contribution in [0.4, 0.5) is 0 Å². The van der Waals surface area contributed by atoms with Crippen LogP contribution in [0, 0.1) is 13.8 Å². The molecule has 0 saturated heterocycles. The Morgan fingerprint density at radius 2 is 2.06 bits per heavy atom. The fourth-order valence-corrected chi connectivity index (χ4v) is 2.31. The summed E-state index contributed by atoms with van der Waals surface area (Å²) >= 11 is 5.82. The number of hydrogen-bond donors (Lipinski definition) is 1. The highest BCUT2D eigenvalue weighted by Gasteiger charge is 2.16. The zero-order valence-corrected chi connectivity index (χ0v) is 11.2. The summed E-state index contributed by atoms with van der Waals surface area (Å²) < 4.78 is 5.48. The van der Waals surface area contributed by atoms with Crippen molar-refractivity contribution in [3.63, 3.8) is 0 Å². The number of benzene rings is 1. The fourth-order valence-electron chi connectivity index (χ4n) is 2.09. The first-order valence-corrected chi connectivity index (χ1v) is 6.05. The van der Waals surface area contributed by atoms with Gasteiger partial charge in [0.05, 0.1) is 7.11 Å². The monoisotopic (exact) mass is 241 g/mol. The summed E-state index contributed by atoms with van der Waals surface area (Å²) in [4.78, 5) is 0. The topological polar surface area (TPSA) is 21.3 Å². The Morgan fingerprint density at radius 1 is 1.38 bits per heavy atom. The van der Waals surface area contributed by atoms with E-state index in [9.17, 15) is 0 Å². The van der Waals surface area contributed by atoms with Gasteiger partial charge in [-0.3, -0.25) is 0 Å². The summed E-state index contributed by atoms with van der Waals surface area (Å²) in [6, 6.07) is 4.56. The lowest BCUT2D eigenvalue weighted by Crippen LogP contribution is -2.18. The largest absolute Gasteiger partial charge is 0.496 e. The molecular weight excluding hydrogens is 222 g/mol. The maximum atomic E-state index is 5.82. The number of rotatable bonds is 5. The average molecular weight is 242 g/mol. The molecule has 2 nitrogen and oxygen atoms in total. The molecule has 0 aliphatic rings. The molecule has 3 heteroatoms. The third-order valence-electron chi connectivity index (χ3n) is 2.77.